The highest BCUT2D eigenvalue weighted by atomic mass is 16.2. The van der Waals surface area contributed by atoms with Crippen LogP contribution in [0.25, 0.3) is 10.8 Å². The number of hydrogen-bond donors (Lipinski definition) is 1. The van der Waals surface area contributed by atoms with Gasteiger partial charge in [-0.15, -0.1) is 0 Å². The molecule has 0 saturated carbocycles. The van der Waals surface area contributed by atoms with E-state index in [1.54, 1.807) is 29.2 Å². The first-order valence-corrected chi connectivity index (χ1v) is 9.85. The Bertz CT molecular complexity index is 1160. The number of carbonyl (C=O) groups excluding carboxylic acids is 2. The van der Waals surface area contributed by atoms with Crippen LogP contribution in [0.3, 0.4) is 0 Å². The van der Waals surface area contributed by atoms with Gasteiger partial charge in [0.05, 0.1) is 6.07 Å². The quantitative estimate of drug-likeness (QED) is 0.683. The molecule has 1 atom stereocenters. The molecule has 1 aliphatic rings. The second-order valence-electron chi connectivity index (χ2n) is 7.31. The molecule has 1 saturated heterocycles. The molecule has 5 nitrogen and oxygen atoms in total. The molecule has 3 aromatic carbocycles. The lowest BCUT2D eigenvalue weighted by Crippen LogP contribution is -2.45. The summed E-state index contributed by atoms with van der Waals surface area (Å²) < 4.78 is 0. The van der Waals surface area contributed by atoms with Crippen molar-refractivity contribution in [3.8, 4) is 6.07 Å². The first kappa shape index (κ1) is 19.4. The van der Waals surface area contributed by atoms with E-state index in [4.69, 9.17) is 5.26 Å². The molecule has 148 valence electrons. The maximum absolute atomic E-state index is 13.0. The predicted molar refractivity (Wildman–Crippen MR) is 115 cm³/mol. The normalized spacial score (nSPS) is 17.1. The molecule has 1 aliphatic heterocycles. The van der Waals surface area contributed by atoms with E-state index in [-0.39, 0.29) is 18.4 Å². The van der Waals surface area contributed by atoms with Gasteiger partial charge in [-0.05, 0) is 34.0 Å². The van der Waals surface area contributed by atoms with Gasteiger partial charge in [0.25, 0.3) is 5.91 Å². The summed E-state index contributed by atoms with van der Waals surface area (Å²) in [5.41, 5.74) is 2.34. The number of nitrogens with zero attached hydrogens (tertiary/aromatic N) is 2. The van der Waals surface area contributed by atoms with Crippen molar-refractivity contribution < 1.29 is 9.59 Å². The van der Waals surface area contributed by atoms with E-state index in [1.807, 2.05) is 54.6 Å². The predicted octanol–water partition coefficient (Wildman–Crippen LogP) is 3.82. The van der Waals surface area contributed by atoms with E-state index in [0.717, 1.165) is 21.9 Å². The number of amides is 2. The summed E-state index contributed by atoms with van der Waals surface area (Å²) in [4.78, 5) is 27.6. The Morgan fingerprint density at radius 2 is 1.77 bits per heavy atom. The van der Waals surface area contributed by atoms with E-state index >= 15 is 0 Å². The number of nitrogens with one attached hydrogen (secondary N) is 1. The molecule has 0 aromatic heterocycles. The summed E-state index contributed by atoms with van der Waals surface area (Å²) in [6, 6.07) is 24.3. The van der Waals surface area contributed by atoms with Crippen LogP contribution in [0, 0.1) is 11.3 Å². The minimum Gasteiger partial charge on any atom is -0.350 e. The molecule has 1 N–H and O–H groups in total. The van der Waals surface area contributed by atoms with Gasteiger partial charge in [0, 0.05) is 31.1 Å². The molecule has 0 bridgehead atoms. The molecule has 5 heteroatoms. The van der Waals surface area contributed by atoms with E-state index in [9.17, 15) is 9.59 Å². The van der Waals surface area contributed by atoms with Gasteiger partial charge in [0.1, 0.15) is 6.04 Å². The summed E-state index contributed by atoms with van der Waals surface area (Å²) in [7, 11) is 0. The molecule has 0 spiro atoms. The van der Waals surface area contributed by atoms with Gasteiger partial charge in [0.2, 0.25) is 5.91 Å². The lowest BCUT2D eigenvalue weighted by atomic mass is 10.0. The Balaban J connectivity index is 1.54. The van der Waals surface area contributed by atoms with Crippen molar-refractivity contribution in [3.63, 3.8) is 0 Å². The second-order valence-corrected chi connectivity index (χ2v) is 7.31. The molecular weight excluding hydrogens is 374 g/mol. The molecule has 4 rings (SSSR count). The van der Waals surface area contributed by atoms with Gasteiger partial charge < -0.3 is 10.2 Å². The summed E-state index contributed by atoms with van der Waals surface area (Å²) in [6.45, 7) is 0.662. The number of carbonyl (C=O) groups is 2. The van der Waals surface area contributed by atoms with Crippen molar-refractivity contribution in [2.75, 3.05) is 6.54 Å². The van der Waals surface area contributed by atoms with Crippen LogP contribution in [0.5, 0.6) is 0 Å². The minimum absolute atomic E-state index is 0.206. The summed E-state index contributed by atoms with van der Waals surface area (Å²) in [6.07, 6.45) is 1.80. The fraction of sp³-hybridized carbons (Fsp3) is 0.160. The van der Waals surface area contributed by atoms with Gasteiger partial charge >= 0.3 is 0 Å². The standard InChI is InChI=1S/C25H21N3O2/c26-14-13-18-15-23(28(17-18)25(30)20-8-2-1-3-9-20)24(29)27-16-21-11-6-10-19-7-4-5-12-22(19)21/h1-13,23H,15-17H2,(H,27,29)/t23-/m0/s1. The second kappa shape index (κ2) is 8.62. The number of allylic oxidation sites excluding steroid dienone is 1. The summed E-state index contributed by atoms with van der Waals surface area (Å²) >= 11 is 0. The van der Waals surface area contributed by atoms with Crippen molar-refractivity contribution in [1.29, 1.82) is 5.26 Å². The van der Waals surface area contributed by atoms with E-state index in [2.05, 4.69) is 5.32 Å². The fourth-order valence-corrected chi connectivity index (χ4v) is 3.89. The Labute approximate surface area is 175 Å². The highest BCUT2D eigenvalue weighted by Gasteiger charge is 2.37. The smallest absolute Gasteiger partial charge is 0.254 e. The Morgan fingerprint density at radius 3 is 2.57 bits per heavy atom. The van der Waals surface area contributed by atoms with Crippen LogP contribution in [0.15, 0.2) is 84.4 Å². The number of rotatable bonds is 4. The number of hydrogen-bond acceptors (Lipinski definition) is 3. The highest BCUT2D eigenvalue weighted by molar-refractivity contribution is 5.98. The van der Waals surface area contributed by atoms with Crippen molar-refractivity contribution >= 4 is 22.6 Å². The molecule has 1 heterocycles. The average molecular weight is 395 g/mol. The van der Waals surface area contributed by atoms with E-state index < -0.39 is 6.04 Å². The largest absolute Gasteiger partial charge is 0.350 e. The topological polar surface area (TPSA) is 73.2 Å². The molecule has 0 aliphatic carbocycles. The Hall–Kier alpha value is -3.91. The van der Waals surface area contributed by atoms with Crippen LogP contribution >= 0.6 is 0 Å². The van der Waals surface area contributed by atoms with Gasteiger partial charge in [-0.25, -0.2) is 0 Å². The van der Waals surface area contributed by atoms with Crippen LogP contribution in [0.1, 0.15) is 22.3 Å². The van der Waals surface area contributed by atoms with Crippen molar-refractivity contribution in [3.05, 3.63) is 95.6 Å². The monoisotopic (exact) mass is 395 g/mol. The van der Waals surface area contributed by atoms with Gasteiger partial charge in [-0.2, -0.15) is 5.26 Å². The van der Waals surface area contributed by atoms with Gasteiger partial charge in [-0.1, -0.05) is 60.7 Å². The zero-order valence-electron chi connectivity index (χ0n) is 16.4. The van der Waals surface area contributed by atoms with Crippen molar-refractivity contribution in [2.24, 2.45) is 0 Å². The zero-order valence-corrected chi connectivity index (χ0v) is 16.4. The molecule has 0 radical (unpaired) electrons. The van der Waals surface area contributed by atoms with Crippen LogP contribution in [0.2, 0.25) is 0 Å². The molecule has 3 aromatic rings. The molecule has 2 amide bonds. The number of nitriles is 1. The highest BCUT2D eigenvalue weighted by Crippen LogP contribution is 2.25. The lowest BCUT2D eigenvalue weighted by molar-refractivity contribution is -0.125. The fourth-order valence-electron chi connectivity index (χ4n) is 3.89. The third-order valence-electron chi connectivity index (χ3n) is 5.39. The number of likely N-dealkylation sites (tertiary alicyclic amines) is 1. The first-order valence-electron chi connectivity index (χ1n) is 9.85. The number of benzene rings is 3. The van der Waals surface area contributed by atoms with Gasteiger partial charge in [0.15, 0.2) is 0 Å². The van der Waals surface area contributed by atoms with Crippen LogP contribution in [-0.4, -0.2) is 29.3 Å². The lowest BCUT2D eigenvalue weighted by Gasteiger charge is -2.23. The van der Waals surface area contributed by atoms with Crippen LogP contribution in [0.4, 0.5) is 0 Å². The van der Waals surface area contributed by atoms with Crippen LogP contribution < -0.4 is 5.32 Å². The molecule has 30 heavy (non-hydrogen) atoms. The van der Waals surface area contributed by atoms with Crippen LogP contribution in [-0.2, 0) is 11.3 Å². The third kappa shape index (κ3) is 3.94. The third-order valence-corrected chi connectivity index (χ3v) is 5.39. The average Bonchev–Trinajstić information content (AvgIpc) is 3.22. The number of fused-ring (bicyclic) bond motifs is 1. The van der Waals surface area contributed by atoms with E-state index in [1.165, 1.54) is 6.08 Å². The summed E-state index contributed by atoms with van der Waals surface area (Å²) in [5.74, 6) is -0.421. The molecule has 0 unspecified atom stereocenters. The minimum atomic E-state index is -0.632. The Morgan fingerprint density at radius 1 is 1.03 bits per heavy atom. The van der Waals surface area contributed by atoms with Crippen molar-refractivity contribution in [2.45, 2.75) is 19.0 Å². The molecular formula is C25H21N3O2. The SMILES string of the molecule is N#CC=C1C[C@@H](C(=O)NCc2cccc3ccccc23)N(C(=O)c2ccccc2)C1. The zero-order chi connectivity index (χ0) is 20.9. The molecule has 1 fully saturated rings. The summed E-state index contributed by atoms with van der Waals surface area (Å²) in [5, 5.41) is 14.2. The van der Waals surface area contributed by atoms with Gasteiger partial charge in [-0.3, -0.25) is 9.59 Å². The maximum Gasteiger partial charge on any atom is 0.254 e. The van der Waals surface area contributed by atoms with Crippen molar-refractivity contribution in [1.82, 2.24) is 10.2 Å². The first-order chi connectivity index (χ1) is 14.7. The van der Waals surface area contributed by atoms with E-state index in [0.29, 0.717) is 18.5 Å². The Kier molecular flexibility index (Phi) is 5.58. The maximum atomic E-state index is 13.0.